The molecule has 3 heteroatoms. The third-order valence-corrected chi connectivity index (χ3v) is 3.54. The molecular weight excluding hydrogens is 268 g/mol. The Morgan fingerprint density at radius 3 is 2.75 bits per heavy atom. The molecule has 2 atom stereocenters. The molecule has 1 aromatic rings. The van der Waals surface area contributed by atoms with Crippen molar-refractivity contribution in [2.24, 2.45) is 5.92 Å². The predicted octanol–water partition coefficient (Wildman–Crippen LogP) is 2.78. The lowest BCUT2D eigenvalue weighted by molar-refractivity contribution is 0.129. The van der Waals surface area contributed by atoms with Gasteiger partial charge in [-0.25, -0.2) is 0 Å². The van der Waals surface area contributed by atoms with E-state index in [0.29, 0.717) is 5.92 Å². The standard InChI is InChI=1S/C13H17BrO2/c14-12-3-1-10(2-4-12)7-13(15)8-11-5-6-16-9-11/h1-4,11,13,15H,5-9H2. The molecule has 16 heavy (non-hydrogen) atoms. The zero-order valence-electron chi connectivity index (χ0n) is 9.23. The Balaban J connectivity index is 1.81. The number of halogens is 1. The highest BCUT2D eigenvalue weighted by Crippen LogP contribution is 2.20. The summed E-state index contributed by atoms with van der Waals surface area (Å²) in [6.07, 6.45) is 2.45. The summed E-state index contributed by atoms with van der Waals surface area (Å²) < 4.78 is 6.39. The fourth-order valence-corrected chi connectivity index (χ4v) is 2.39. The van der Waals surface area contributed by atoms with Crippen molar-refractivity contribution in [3.8, 4) is 0 Å². The van der Waals surface area contributed by atoms with E-state index < -0.39 is 0 Å². The average molecular weight is 285 g/mol. The molecule has 0 amide bonds. The Morgan fingerprint density at radius 2 is 2.12 bits per heavy atom. The van der Waals surface area contributed by atoms with E-state index in [1.807, 2.05) is 12.1 Å². The maximum absolute atomic E-state index is 9.97. The molecule has 0 saturated carbocycles. The molecule has 1 fully saturated rings. The van der Waals surface area contributed by atoms with Crippen molar-refractivity contribution in [3.05, 3.63) is 34.3 Å². The predicted molar refractivity (Wildman–Crippen MR) is 67.4 cm³/mol. The van der Waals surface area contributed by atoms with Gasteiger partial charge in [0.1, 0.15) is 0 Å². The van der Waals surface area contributed by atoms with Gasteiger partial charge in [-0.1, -0.05) is 28.1 Å². The van der Waals surface area contributed by atoms with Crippen LogP contribution < -0.4 is 0 Å². The van der Waals surface area contributed by atoms with Crippen LogP contribution in [0.4, 0.5) is 0 Å². The van der Waals surface area contributed by atoms with Gasteiger partial charge in [-0.3, -0.25) is 0 Å². The van der Waals surface area contributed by atoms with Crippen molar-refractivity contribution >= 4 is 15.9 Å². The van der Waals surface area contributed by atoms with Gasteiger partial charge in [-0.05, 0) is 42.9 Å². The second-order valence-electron chi connectivity index (χ2n) is 4.45. The fourth-order valence-electron chi connectivity index (χ4n) is 2.13. The van der Waals surface area contributed by atoms with Crippen molar-refractivity contribution in [3.63, 3.8) is 0 Å². The molecule has 1 aromatic carbocycles. The topological polar surface area (TPSA) is 29.5 Å². The molecule has 1 N–H and O–H groups in total. The molecule has 88 valence electrons. The zero-order chi connectivity index (χ0) is 11.4. The quantitative estimate of drug-likeness (QED) is 0.921. The van der Waals surface area contributed by atoms with Gasteiger partial charge >= 0.3 is 0 Å². The van der Waals surface area contributed by atoms with E-state index in [1.54, 1.807) is 0 Å². The molecule has 2 rings (SSSR count). The molecule has 2 nitrogen and oxygen atoms in total. The van der Waals surface area contributed by atoms with Gasteiger partial charge in [0, 0.05) is 17.7 Å². The number of ether oxygens (including phenoxy) is 1. The summed E-state index contributed by atoms with van der Waals surface area (Å²) in [5, 5.41) is 9.97. The highest BCUT2D eigenvalue weighted by Gasteiger charge is 2.19. The largest absolute Gasteiger partial charge is 0.393 e. The van der Waals surface area contributed by atoms with Crippen molar-refractivity contribution in [1.82, 2.24) is 0 Å². The molecule has 1 saturated heterocycles. The molecule has 1 aliphatic rings. The minimum Gasteiger partial charge on any atom is -0.393 e. The van der Waals surface area contributed by atoms with Gasteiger partial charge in [0.2, 0.25) is 0 Å². The van der Waals surface area contributed by atoms with Gasteiger partial charge in [0.15, 0.2) is 0 Å². The van der Waals surface area contributed by atoms with Crippen LogP contribution in [0.5, 0.6) is 0 Å². The normalized spacial score (nSPS) is 22.2. The highest BCUT2D eigenvalue weighted by atomic mass is 79.9. The summed E-state index contributed by atoms with van der Waals surface area (Å²) in [6.45, 7) is 1.67. The van der Waals surface area contributed by atoms with Crippen LogP contribution >= 0.6 is 15.9 Å². The Kier molecular flexibility index (Phi) is 4.38. The molecule has 0 aromatic heterocycles. The summed E-state index contributed by atoms with van der Waals surface area (Å²) in [5.41, 5.74) is 1.19. The van der Waals surface area contributed by atoms with Crippen molar-refractivity contribution in [2.75, 3.05) is 13.2 Å². The van der Waals surface area contributed by atoms with Crippen LogP contribution in [0.25, 0.3) is 0 Å². The Bertz CT molecular complexity index is 317. The minimum absolute atomic E-state index is 0.243. The highest BCUT2D eigenvalue weighted by molar-refractivity contribution is 9.10. The van der Waals surface area contributed by atoms with E-state index in [4.69, 9.17) is 4.74 Å². The lowest BCUT2D eigenvalue weighted by Crippen LogP contribution is -2.16. The summed E-state index contributed by atoms with van der Waals surface area (Å²) in [6, 6.07) is 8.14. The first-order chi connectivity index (χ1) is 7.74. The summed E-state index contributed by atoms with van der Waals surface area (Å²) >= 11 is 3.40. The SMILES string of the molecule is OC(Cc1ccc(Br)cc1)CC1CCOC1. The second kappa shape index (κ2) is 5.80. The van der Waals surface area contributed by atoms with Crippen molar-refractivity contribution < 1.29 is 9.84 Å². The van der Waals surface area contributed by atoms with Gasteiger partial charge < -0.3 is 9.84 Å². The lowest BCUT2D eigenvalue weighted by atomic mass is 9.97. The van der Waals surface area contributed by atoms with E-state index >= 15 is 0 Å². The Labute approximate surface area is 105 Å². The third-order valence-electron chi connectivity index (χ3n) is 3.01. The smallest absolute Gasteiger partial charge is 0.0584 e. The van der Waals surface area contributed by atoms with E-state index in [1.165, 1.54) is 5.56 Å². The zero-order valence-corrected chi connectivity index (χ0v) is 10.8. The van der Waals surface area contributed by atoms with Gasteiger partial charge in [0.05, 0.1) is 6.10 Å². The molecule has 1 heterocycles. The van der Waals surface area contributed by atoms with E-state index in [0.717, 1.165) is 36.9 Å². The molecule has 1 aliphatic heterocycles. The summed E-state index contributed by atoms with van der Waals surface area (Å²) in [7, 11) is 0. The van der Waals surface area contributed by atoms with E-state index in [2.05, 4.69) is 28.1 Å². The minimum atomic E-state index is -0.243. The Morgan fingerprint density at radius 1 is 1.38 bits per heavy atom. The molecular formula is C13H17BrO2. The van der Waals surface area contributed by atoms with Gasteiger partial charge in [-0.2, -0.15) is 0 Å². The third kappa shape index (κ3) is 3.58. The van der Waals surface area contributed by atoms with Gasteiger partial charge in [0.25, 0.3) is 0 Å². The van der Waals surface area contributed by atoms with Crippen LogP contribution in [0.1, 0.15) is 18.4 Å². The second-order valence-corrected chi connectivity index (χ2v) is 5.37. The first kappa shape index (κ1) is 12.1. The van der Waals surface area contributed by atoms with Crippen LogP contribution in [-0.4, -0.2) is 24.4 Å². The number of aliphatic hydroxyl groups is 1. The van der Waals surface area contributed by atoms with E-state index in [9.17, 15) is 5.11 Å². The Hall–Kier alpha value is -0.380. The van der Waals surface area contributed by atoms with E-state index in [-0.39, 0.29) is 6.10 Å². The molecule has 0 spiro atoms. The maximum atomic E-state index is 9.97. The monoisotopic (exact) mass is 284 g/mol. The molecule has 0 aliphatic carbocycles. The molecule has 0 bridgehead atoms. The summed E-state index contributed by atoms with van der Waals surface area (Å²) in [4.78, 5) is 0. The van der Waals surface area contributed by atoms with Crippen molar-refractivity contribution in [1.29, 1.82) is 0 Å². The number of hydrogen-bond donors (Lipinski definition) is 1. The number of hydrogen-bond acceptors (Lipinski definition) is 2. The first-order valence-corrected chi connectivity index (χ1v) is 6.53. The molecule has 2 unspecified atom stereocenters. The van der Waals surface area contributed by atoms with Crippen LogP contribution in [0.2, 0.25) is 0 Å². The van der Waals surface area contributed by atoms with Crippen LogP contribution in [0.15, 0.2) is 28.7 Å². The molecule has 0 radical (unpaired) electrons. The number of aliphatic hydroxyl groups excluding tert-OH is 1. The fraction of sp³-hybridized carbons (Fsp3) is 0.538. The van der Waals surface area contributed by atoms with Gasteiger partial charge in [-0.15, -0.1) is 0 Å². The number of rotatable bonds is 4. The number of benzene rings is 1. The summed E-state index contributed by atoms with van der Waals surface area (Å²) in [5.74, 6) is 0.547. The average Bonchev–Trinajstić information content (AvgIpc) is 2.74. The lowest BCUT2D eigenvalue weighted by Gasteiger charge is -2.14. The van der Waals surface area contributed by atoms with Crippen molar-refractivity contribution in [2.45, 2.75) is 25.4 Å². The first-order valence-electron chi connectivity index (χ1n) is 5.74. The van der Waals surface area contributed by atoms with Crippen LogP contribution in [0, 0.1) is 5.92 Å². The van der Waals surface area contributed by atoms with Crippen LogP contribution in [-0.2, 0) is 11.2 Å². The van der Waals surface area contributed by atoms with Crippen LogP contribution in [0.3, 0.4) is 0 Å². The maximum Gasteiger partial charge on any atom is 0.0584 e.